The van der Waals surface area contributed by atoms with Gasteiger partial charge in [-0.15, -0.1) is 0 Å². The van der Waals surface area contributed by atoms with Crippen LogP contribution in [-0.2, 0) is 4.79 Å². The third-order valence-corrected chi connectivity index (χ3v) is 5.59. The molecule has 2 aromatic carbocycles. The van der Waals surface area contributed by atoms with Crippen LogP contribution >= 0.6 is 11.3 Å². The normalized spacial score (nSPS) is 15.4. The number of aromatic nitrogens is 3. The number of carbonyl (C=O) groups excluding carboxylic acids is 1. The molecule has 1 N–H and O–H groups in total. The third kappa shape index (κ3) is 3.31. The predicted octanol–water partition coefficient (Wildman–Crippen LogP) is 3.88. The van der Waals surface area contributed by atoms with Crippen LogP contribution in [0.5, 0.6) is 11.5 Å². The summed E-state index contributed by atoms with van der Waals surface area (Å²) in [6, 6.07) is 15.2. The number of benzene rings is 2. The predicted molar refractivity (Wildman–Crippen MR) is 111 cm³/mol. The molecular weight excluding hydrogens is 388 g/mol. The van der Waals surface area contributed by atoms with Crippen molar-refractivity contribution in [3.8, 4) is 16.6 Å². The molecule has 4 aromatic rings. The molecule has 7 nitrogen and oxygen atoms in total. The maximum atomic E-state index is 12.8. The molecule has 29 heavy (non-hydrogen) atoms. The molecule has 3 heterocycles. The lowest BCUT2D eigenvalue weighted by Gasteiger charge is -2.25. The number of thiazole rings is 1. The first-order valence-electron chi connectivity index (χ1n) is 9.20. The minimum Gasteiger partial charge on any atom is -0.485 e. The van der Waals surface area contributed by atoms with Crippen LogP contribution in [0.3, 0.4) is 0 Å². The molecule has 0 spiro atoms. The van der Waals surface area contributed by atoms with Crippen molar-refractivity contribution >= 4 is 33.3 Å². The Morgan fingerprint density at radius 2 is 2.00 bits per heavy atom. The van der Waals surface area contributed by atoms with Crippen molar-refractivity contribution in [2.24, 2.45) is 0 Å². The molecule has 0 aliphatic carbocycles. The zero-order valence-electron chi connectivity index (χ0n) is 15.9. The van der Waals surface area contributed by atoms with Gasteiger partial charge in [0.15, 0.2) is 11.5 Å². The van der Waals surface area contributed by atoms with Gasteiger partial charge in [-0.2, -0.15) is 9.78 Å². The Hall–Kier alpha value is -3.39. The van der Waals surface area contributed by atoms with Gasteiger partial charge >= 0.3 is 0 Å². The van der Waals surface area contributed by atoms with Gasteiger partial charge in [-0.3, -0.25) is 4.79 Å². The van der Waals surface area contributed by atoms with Crippen molar-refractivity contribution in [2.45, 2.75) is 20.0 Å². The number of aryl methyl sites for hydroxylation is 2. The first-order chi connectivity index (χ1) is 14.1. The second kappa shape index (κ2) is 6.89. The van der Waals surface area contributed by atoms with Gasteiger partial charge in [-0.25, -0.2) is 4.98 Å². The van der Waals surface area contributed by atoms with Gasteiger partial charge in [0.25, 0.3) is 5.91 Å². The lowest BCUT2D eigenvalue weighted by molar-refractivity contribution is -0.125. The minimum absolute atomic E-state index is 0.149. The van der Waals surface area contributed by atoms with Gasteiger partial charge in [0, 0.05) is 6.07 Å². The summed E-state index contributed by atoms with van der Waals surface area (Å²) < 4.78 is 14.2. The standard InChI is InChI=1S/C21H18N4O3S/c1-12-7-8-14-18(9-12)29-21(22-14)25-19(10-13(2)24-25)23-20(26)17-11-27-15-5-3-4-6-16(15)28-17/h3-10,17H,11H2,1-2H3,(H,23,26). The van der Waals surface area contributed by atoms with Gasteiger partial charge < -0.3 is 14.8 Å². The van der Waals surface area contributed by atoms with Crippen molar-refractivity contribution in [1.82, 2.24) is 14.8 Å². The van der Waals surface area contributed by atoms with E-state index in [9.17, 15) is 4.79 Å². The van der Waals surface area contributed by atoms with Crippen LogP contribution in [-0.4, -0.2) is 33.4 Å². The molecule has 0 saturated heterocycles. The first-order valence-corrected chi connectivity index (χ1v) is 10.0. The highest BCUT2D eigenvalue weighted by Crippen LogP contribution is 2.32. The second-order valence-corrected chi connectivity index (χ2v) is 7.91. The van der Waals surface area contributed by atoms with Crippen molar-refractivity contribution in [1.29, 1.82) is 0 Å². The Balaban J connectivity index is 1.41. The number of rotatable bonds is 3. The zero-order valence-corrected chi connectivity index (χ0v) is 16.7. The highest BCUT2D eigenvalue weighted by atomic mass is 32.1. The summed E-state index contributed by atoms with van der Waals surface area (Å²) in [5.41, 5.74) is 2.86. The van der Waals surface area contributed by atoms with Crippen LogP contribution in [0.4, 0.5) is 5.82 Å². The average Bonchev–Trinajstić information content (AvgIpc) is 3.30. The van der Waals surface area contributed by atoms with Gasteiger partial charge in [0.2, 0.25) is 11.2 Å². The Kier molecular flexibility index (Phi) is 4.21. The van der Waals surface area contributed by atoms with Gasteiger partial charge in [-0.1, -0.05) is 29.5 Å². The molecule has 0 fully saturated rings. The fourth-order valence-electron chi connectivity index (χ4n) is 3.20. The molecule has 0 radical (unpaired) electrons. The first kappa shape index (κ1) is 17.7. The number of nitrogens with one attached hydrogen (secondary N) is 1. The average molecular weight is 406 g/mol. The van der Waals surface area contributed by atoms with E-state index in [0.29, 0.717) is 22.4 Å². The van der Waals surface area contributed by atoms with Crippen molar-refractivity contribution < 1.29 is 14.3 Å². The van der Waals surface area contributed by atoms with Gasteiger partial charge in [-0.05, 0) is 43.7 Å². The summed E-state index contributed by atoms with van der Waals surface area (Å²) in [5, 5.41) is 8.11. The van der Waals surface area contributed by atoms with Crippen molar-refractivity contribution in [3.05, 3.63) is 59.8 Å². The van der Waals surface area contributed by atoms with E-state index in [1.165, 1.54) is 16.9 Å². The van der Waals surface area contributed by atoms with E-state index in [1.807, 2.05) is 50.2 Å². The van der Waals surface area contributed by atoms with E-state index in [4.69, 9.17) is 9.47 Å². The fourth-order valence-corrected chi connectivity index (χ4v) is 4.23. The van der Waals surface area contributed by atoms with Crippen molar-refractivity contribution in [3.63, 3.8) is 0 Å². The summed E-state index contributed by atoms with van der Waals surface area (Å²) in [6.07, 6.45) is -0.744. The number of anilines is 1. The molecule has 1 amide bonds. The summed E-state index contributed by atoms with van der Waals surface area (Å²) in [5.74, 6) is 1.45. The van der Waals surface area contributed by atoms with Crippen LogP contribution in [0, 0.1) is 13.8 Å². The van der Waals surface area contributed by atoms with Gasteiger partial charge in [0.05, 0.1) is 15.9 Å². The molecule has 1 aliphatic rings. The molecule has 1 unspecified atom stereocenters. The maximum absolute atomic E-state index is 12.8. The number of hydrogen-bond acceptors (Lipinski definition) is 6. The Bertz CT molecular complexity index is 1230. The Morgan fingerprint density at radius 3 is 2.86 bits per heavy atom. The molecule has 5 rings (SSSR count). The molecule has 0 bridgehead atoms. The van der Waals surface area contributed by atoms with Crippen LogP contribution in [0.1, 0.15) is 11.3 Å². The Morgan fingerprint density at radius 1 is 1.17 bits per heavy atom. The smallest absolute Gasteiger partial charge is 0.270 e. The monoisotopic (exact) mass is 406 g/mol. The van der Waals surface area contributed by atoms with Crippen LogP contribution < -0.4 is 14.8 Å². The summed E-state index contributed by atoms with van der Waals surface area (Å²) in [6.45, 7) is 4.07. The molecule has 146 valence electrons. The Labute approximate surface area is 170 Å². The third-order valence-electron chi connectivity index (χ3n) is 4.60. The maximum Gasteiger partial charge on any atom is 0.270 e. The summed E-state index contributed by atoms with van der Waals surface area (Å²) >= 11 is 1.53. The van der Waals surface area contributed by atoms with E-state index in [-0.39, 0.29) is 12.5 Å². The lowest BCUT2D eigenvalue weighted by Crippen LogP contribution is -2.40. The number of fused-ring (bicyclic) bond motifs is 2. The number of carbonyl (C=O) groups is 1. The minimum atomic E-state index is -0.744. The van der Waals surface area contributed by atoms with E-state index in [1.54, 1.807) is 10.7 Å². The van der Waals surface area contributed by atoms with Crippen LogP contribution in [0.2, 0.25) is 0 Å². The lowest BCUT2D eigenvalue weighted by atomic mass is 10.2. The van der Waals surface area contributed by atoms with E-state index in [0.717, 1.165) is 15.9 Å². The van der Waals surface area contributed by atoms with Crippen molar-refractivity contribution in [2.75, 3.05) is 11.9 Å². The summed E-state index contributed by atoms with van der Waals surface area (Å²) in [7, 11) is 0. The number of amides is 1. The molecule has 8 heteroatoms. The van der Waals surface area contributed by atoms with Gasteiger partial charge in [0.1, 0.15) is 12.4 Å². The van der Waals surface area contributed by atoms with Crippen LogP contribution in [0.15, 0.2) is 48.5 Å². The molecule has 1 atom stereocenters. The molecular formula is C21H18N4O3S. The fraction of sp³-hybridized carbons (Fsp3) is 0.190. The molecule has 1 aliphatic heterocycles. The molecule has 2 aromatic heterocycles. The number of nitrogens with zero attached hydrogens (tertiary/aromatic N) is 3. The highest BCUT2D eigenvalue weighted by molar-refractivity contribution is 7.20. The second-order valence-electron chi connectivity index (χ2n) is 6.90. The SMILES string of the molecule is Cc1ccc2nc(-n3nc(C)cc3NC(=O)C3COc4ccccc4O3)sc2c1. The quantitative estimate of drug-likeness (QED) is 0.559. The largest absolute Gasteiger partial charge is 0.485 e. The molecule has 0 saturated carbocycles. The van der Waals surface area contributed by atoms with E-state index >= 15 is 0 Å². The zero-order chi connectivity index (χ0) is 20.0. The van der Waals surface area contributed by atoms with Crippen LogP contribution in [0.25, 0.3) is 15.3 Å². The van der Waals surface area contributed by atoms with E-state index < -0.39 is 6.10 Å². The number of hydrogen-bond donors (Lipinski definition) is 1. The number of para-hydroxylation sites is 2. The highest BCUT2D eigenvalue weighted by Gasteiger charge is 2.28. The topological polar surface area (TPSA) is 78.3 Å². The number of ether oxygens (including phenoxy) is 2. The van der Waals surface area contributed by atoms with E-state index in [2.05, 4.69) is 21.5 Å². The summed E-state index contributed by atoms with van der Waals surface area (Å²) in [4.78, 5) is 17.5.